The van der Waals surface area contributed by atoms with E-state index in [9.17, 15) is 14.4 Å². The van der Waals surface area contributed by atoms with Gasteiger partial charge in [-0.25, -0.2) is 9.59 Å². The summed E-state index contributed by atoms with van der Waals surface area (Å²) < 4.78 is 9.94. The number of nitrogens with zero attached hydrogens (tertiary/aromatic N) is 1. The molecule has 40 heavy (non-hydrogen) atoms. The maximum Gasteiger partial charge on any atom is 0.345 e. The van der Waals surface area contributed by atoms with Crippen LogP contribution in [0.2, 0.25) is 0 Å². The molecule has 0 fully saturated rings. The highest BCUT2D eigenvalue weighted by Crippen LogP contribution is 2.66. The number of carbonyl (C=O) groups excluding carboxylic acids is 3. The summed E-state index contributed by atoms with van der Waals surface area (Å²) in [5.41, 5.74) is 3.91. The lowest BCUT2D eigenvalue weighted by Gasteiger charge is -2.50. The van der Waals surface area contributed by atoms with E-state index in [0.29, 0.717) is 9.81 Å². The van der Waals surface area contributed by atoms with E-state index in [0.717, 1.165) is 32.9 Å². The lowest BCUT2D eigenvalue weighted by atomic mass is 9.84. The summed E-state index contributed by atoms with van der Waals surface area (Å²) in [6.45, 7) is 10.1. The maximum absolute atomic E-state index is 14.1. The van der Waals surface area contributed by atoms with E-state index in [2.05, 4.69) is 6.07 Å². The van der Waals surface area contributed by atoms with Gasteiger partial charge in [0.05, 0.1) is 35.8 Å². The zero-order valence-corrected chi connectivity index (χ0v) is 25.6. The van der Waals surface area contributed by atoms with Crippen molar-refractivity contribution in [1.82, 2.24) is 0 Å². The highest BCUT2D eigenvalue weighted by atomic mass is 32.2. The van der Waals surface area contributed by atoms with Crippen molar-refractivity contribution < 1.29 is 23.9 Å². The number of fused-ring (bicyclic) bond motifs is 3. The zero-order valence-electron chi connectivity index (χ0n) is 23.1. The molecule has 208 valence electrons. The Morgan fingerprint density at radius 1 is 0.925 bits per heavy atom. The van der Waals surface area contributed by atoms with Crippen LogP contribution in [0.1, 0.15) is 44.4 Å². The second kappa shape index (κ2) is 11.2. The van der Waals surface area contributed by atoms with Crippen molar-refractivity contribution in [2.45, 2.75) is 50.7 Å². The summed E-state index contributed by atoms with van der Waals surface area (Å²) in [6, 6.07) is 15.8. The van der Waals surface area contributed by atoms with Crippen LogP contribution < -0.4 is 4.90 Å². The number of aryl methyl sites for hydroxylation is 1. The van der Waals surface area contributed by atoms with Crippen molar-refractivity contribution in [2.24, 2.45) is 0 Å². The van der Waals surface area contributed by atoms with Gasteiger partial charge in [-0.2, -0.15) is 0 Å². The normalized spacial score (nSPS) is 20.9. The first-order valence-corrected chi connectivity index (χ1v) is 15.7. The van der Waals surface area contributed by atoms with Gasteiger partial charge in [-0.05, 0) is 63.8 Å². The number of rotatable bonds is 6. The Bertz CT molecular complexity index is 1480. The number of benzene rings is 2. The van der Waals surface area contributed by atoms with Gasteiger partial charge in [0.15, 0.2) is 0 Å². The van der Waals surface area contributed by atoms with Gasteiger partial charge >= 0.3 is 11.9 Å². The number of hydrogen-bond acceptors (Lipinski definition) is 8. The van der Waals surface area contributed by atoms with Crippen molar-refractivity contribution in [3.63, 3.8) is 0 Å². The first kappa shape index (κ1) is 28.6. The second-order valence-electron chi connectivity index (χ2n) is 10.1. The molecule has 0 N–H and O–H groups in total. The SMILES string of the molecule is CCOC(=O)C1=CC2(SC=C(C(=O)OCC)S2)C2=C(S1)C(C)(C)N(C(=O)Cc1ccccc1)c1ccc(C)cc12. The summed E-state index contributed by atoms with van der Waals surface area (Å²) >= 11 is 4.21. The molecule has 0 saturated carbocycles. The Hall–Kier alpha value is -2.88. The van der Waals surface area contributed by atoms with Crippen molar-refractivity contribution >= 4 is 64.4 Å². The number of anilines is 1. The van der Waals surface area contributed by atoms with Crippen molar-refractivity contribution in [1.29, 1.82) is 0 Å². The second-order valence-corrected chi connectivity index (χ2v) is 13.8. The molecule has 6 nitrogen and oxygen atoms in total. The van der Waals surface area contributed by atoms with Crippen molar-refractivity contribution in [3.8, 4) is 0 Å². The van der Waals surface area contributed by atoms with Gasteiger partial charge in [-0.1, -0.05) is 65.5 Å². The minimum atomic E-state index is -0.806. The van der Waals surface area contributed by atoms with Gasteiger partial charge in [0.2, 0.25) is 5.91 Å². The van der Waals surface area contributed by atoms with Gasteiger partial charge in [0, 0.05) is 16.0 Å². The first-order valence-electron chi connectivity index (χ1n) is 13.2. The number of ether oxygens (including phenoxy) is 2. The molecule has 1 spiro atoms. The molecule has 1 amide bonds. The van der Waals surface area contributed by atoms with E-state index in [1.807, 2.05) is 79.6 Å². The lowest BCUT2D eigenvalue weighted by Crippen LogP contribution is -2.53. The summed E-state index contributed by atoms with van der Waals surface area (Å²) in [5, 5.41) is 1.82. The fourth-order valence-corrected chi connectivity index (χ4v) is 9.59. The van der Waals surface area contributed by atoms with Crippen molar-refractivity contribution in [3.05, 3.63) is 91.4 Å². The lowest BCUT2D eigenvalue weighted by molar-refractivity contribution is -0.138. The van der Waals surface area contributed by atoms with Gasteiger partial charge in [0.25, 0.3) is 0 Å². The molecule has 9 heteroatoms. The molecule has 0 radical (unpaired) electrons. The van der Waals surface area contributed by atoms with E-state index in [1.165, 1.54) is 35.3 Å². The summed E-state index contributed by atoms with van der Waals surface area (Å²) in [6.07, 6.45) is 2.16. The van der Waals surface area contributed by atoms with E-state index in [1.54, 1.807) is 13.8 Å². The average Bonchev–Trinajstić information content (AvgIpc) is 3.33. The molecular weight excluding hydrogens is 563 g/mol. The first-order chi connectivity index (χ1) is 19.1. The molecule has 5 rings (SSSR count). The van der Waals surface area contributed by atoms with E-state index in [4.69, 9.17) is 9.47 Å². The summed E-state index contributed by atoms with van der Waals surface area (Å²) in [5.74, 6) is -0.841. The standard InChI is InChI=1S/C31H31NO5S3/c1-6-36-28(34)23-17-31(38-18-24(40-31)29(35)37-7-2)26-21-15-19(3)13-14-22(21)32(30(4,5)27(26)39-23)25(33)16-20-11-9-8-10-12-20/h8-15,17-18H,6-7,16H2,1-5H3. The number of thioether (sulfide) groups is 3. The highest BCUT2D eigenvalue weighted by molar-refractivity contribution is 8.25. The quantitative estimate of drug-likeness (QED) is 0.337. The van der Waals surface area contributed by atoms with E-state index < -0.39 is 15.6 Å². The largest absolute Gasteiger partial charge is 0.462 e. The Labute approximate surface area is 247 Å². The Morgan fingerprint density at radius 2 is 1.60 bits per heavy atom. The topological polar surface area (TPSA) is 72.9 Å². The molecule has 1 atom stereocenters. The van der Waals surface area contributed by atoms with Crippen molar-refractivity contribution in [2.75, 3.05) is 18.1 Å². The van der Waals surface area contributed by atoms with Crippen LogP contribution in [-0.4, -0.2) is 40.7 Å². The molecule has 1 unspecified atom stereocenters. The number of esters is 2. The summed E-state index contributed by atoms with van der Waals surface area (Å²) in [7, 11) is 0. The fraction of sp³-hybridized carbons (Fsp3) is 0.323. The molecule has 2 aromatic carbocycles. The Morgan fingerprint density at radius 3 is 2.27 bits per heavy atom. The Kier molecular flexibility index (Phi) is 8.01. The van der Waals surface area contributed by atoms with Gasteiger partial charge in [0.1, 0.15) is 8.98 Å². The fourth-order valence-electron chi connectivity index (χ4n) is 5.20. The van der Waals surface area contributed by atoms with Crippen LogP contribution in [0.3, 0.4) is 0 Å². The minimum Gasteiger partial charge on any atom is -0.462 e. The number of amides is 1. The molecule has 2 aromatic rings. The monoisotopic (exact) mass is 593 g/mol. The molecule has 0 aromatic heterocycles. The van der Waals surface area contributed by atoms with Crippen LogP contribution in [0, 0.1) is 6.92 Å². The molecule has 0 bridgehead atoms. The minimum absolute atomic E-state index is 0.0354. The molecule has 3 aliphatic heterocycles. The zero-order chi connectivity index (χ0) is 28.7. The van der Waals surface area contributed by atoms with Gasteiger partial charge in [-0.15, -0.1) is 11.8 Å². The van der Waals surface area contributed by atoms with Crippen LogP contribution in [-0.2, 0) is 30.3 Å². The van der Waals surface area contributed by atoms with Crippen LogP contribution in [0.15, 0.2) is 74.7 Å². The van der Waals surface area contributed by atoms with Crippen LogP contribution >= 0.6 is 35.3 Å². The third kappa shape index (κ3) is 5.03. The highest BCUT2D eigenvalue weighted by Gasteiger charge is 2.54. The maximum atomic E-state index is 14.1. The number of hydrogen-bond donors (Lipinski definition) is 0. The third-order valence-corrected chi connectivity index (χ3v) is 11.1. The Balaban J connectivity index is 1.68. The smallest absolute Gasteiger partial charge is 0.345 e. The van der Waals surface area contributed by atoms with E-state index >= 15 is 0 Å². The van der Waals surface area contributed by atoms with Gasteiger partial charge < -0.3 is 14.4 Å². The van der Waals surface area contributed by atoms with Crippen LogP contribution in [0.4, 0.5) is 5.69 Å². The number of carbonyl (C=O) groups is 3. The van der Waals surface area contributed by atoms with E-state index in [-0.39, 0.29) is 31.5 Å². The predicted molar refractivity (Wildman–Crippen MR) is 165 cm³/mol. The molecule has 0 saturated heterocycles. The predicted octanol–water partition coefficient (Wildman–Crippen LogP) is 6.85. The third-order valence-electron chi connectivity index (χ3n) is 6.89. The van der Waals surface area contributed by atoms with Crippen LogP contribution in [0.5, 0.6) is 0 Å². The van der Waals surface area contributed by atoms with Crippen LogP contribution in [0.25, 0.3) is 5.57 Å². The molecular formula is C31H31NO5S3. The molecule has 0 aliphatic carbocycles. The average molecular weight is 594 g/mol. The molecule has 3 aliphatic rings. The summed E-state index contributed by atoms with van der Waals surface area (Å²) in [4.78, 5) is 43.7. The van der Waals surface area contributed by atoms with Gasteiger partial charge in [-0.3, -0.25) is 4.79 Å². The molecule has 3 heterocycles.